The molecule has 0 saturated carbocycles. The number of aryl methyl sites for hydroxylation is 1. The van der Waals surface area contributed by atoms with Crippen molar-refractivity contribution in [2.75, 3.05) is 20.3 Å². The van der Waals surface area contributed by atoms with Crippen LogP contribution in [0.25, 0.3) is 0 Å². The molecule has 0 fully saturated rings. The molecular formula is C12H18N4OS. The molecule has 2 rings (SSSR count). The van der Waals surface area contributed by atoms with Crippen molar-refractivity contribution < 1.29 is 4.74 Å². The number of imidazole rings is 1. The predicted octanol–water partition coefficient (Wildman–Crippen LogP) is 1.43. The minimum Gasteiger partial charge on any atom is -0.383 e. The normalized spacial score (nSPS) is 11.0. The highest BCUT2D eigenvalue weighted by Crippen LogP contribution is 2.11. The SMILES string of the molecule is COCCNCc1cnc(C)n1Cc1nccs1. The molecule has 0 bridgehead atoms. The van der Waals surface area contributed by atoms with E-state index in [9.17, 15) is 0 Å². The zero-order valence-corrected chi connectivity index (χ0v) is 11.5. The molecule has 2 aromatic rings. The van der Waals surface area contributed by atoms with Crippen LogP contribution in [-0.4, -0.2) is 34.8 Å². The summed E-state index contributed by atoms with van der Waals surface area (Å²) >= 11 is 1.67. The minimum absolute atomic E-state index is 0.722. The smallest absolute Gasteiger partial charge is 0.112 e. The van der Waals surface area contributed by atoms with Crippen molar-refractivity contribution >= 4 is 11.3 Å². The van der Waals surface area contributed by atoms with Crippen molar-refractivity contribution in [2.24, 2.45) is 0 Å². The Morgan fingerprint density at radius 2 is 2.33 bits per heavy atom. The summed E-state index contributed by atoms with van der Waals surface area (Å²) in [7, 11) is 1.71. The van der Waals surface area contributed by atoms with E-state index in [1.165, 1.54) is 5.69 Å². The summed E-state index contributed by atoms with van der Waals surface area (Å²) in [5.74, 6) is 1.02. The second kappa shape index (κ2) is 6.63. The fourth-order valence-electron chi connectivity index (χ4n) is 1.73. The van der Waals surface area contributed by atoms with E-state index >= 15 is 0 Å². The van der Waals surface area contributed by atoms with Crippen molar-refractivity contribution in [1.82, 2.24) is 19.9 Å². The van der Waals surface area contributed by atoms with Crippen LogP contribution < -0.4 is 5.32 Å². The van der Waals surface area contributed by atoms with Gasteiger partial charge in [0.2, 0.25) is 0 Å². The zero-order valence-electron chi connectivity index (χ0n) is 10.7. The van der Waals surface area contributed by atoms with Gasteiger partial charge >= 0.3 is 0 Å². The van der Waals surface area contributed by atoms with Crippen molar-refractivity contribution in [2.45, 2.75) is 20.0 Å². The standard InChI is InChI=1S/C12H18N4OS/c1-10-15-8-11(7-13-3-5-17-2)16(10)9-12-14-4-6-18-12/h4,6,8,13H,3,5,7,9H2,1-2H3. The molecule has 0 aliphatic rings. The summed E-state index contributed by atoms with van der Waals surface area (Å²) in [5, 5.41) is 6.44. The first-order valence-corrected chi connectivity index (χ1v) is 6.78. The van der Waals surface area contributed by atoms with Crippen LogP contribution in [0, 0.1) is 6.92 Å². The van der Waals surface area contributed by atoms with E-state index in [1.54, 1.807) is 18.4 Å². The number of nitrogens with one attached hydrogen (secondary N) is 1. The van der Waals surface area contributed by atoms with Crippen LogP contribution in [0.4, 0.5) is 0 Å². The molecule has 0 unspecified atom stereocenters. The van der Waals surface area contributed by atoms with Gasteiger partial charge in [-0.1, -0.05) is 0 Å². The maximum Gasteiger partial charge on any atom is 0.112 e. The second-order valence-corrected chi connectivity index (χ2v) is 4.96. The quantitative estimate of drug-likeness (QED) is 0.770. The second-order valence-electron chi connectivity index (χ2n) is 3.98. The van der Waals surface area contributed by atoms with Gasteiger partial charge < -0.3 is 14.6 Å². The van der Waals surface area contributed by atoms with Gasteiger partial charge in [-0.05, 0) is 6.92 Å². The Labute approximate surface area is 111 Å². The largest absolute Gasteiger partial charge is 0.383 e. The van der Waals surface area contributed by atoms with Gasteiger partial charge in [0.15, 0.2) is 0 Å². The van der Waals surface area contributed by atoms with Crippen LogP contribution in [0.1, 0.15) is 16.5 Å². The van der Waals surface area contributed by atoms with Crippen LogP contribution in [0.2, 0.25) is 0 Å². The fraction of sp³-hybridized carbons (Fsp3) is 0.500. The summed E-state index contributed by atoms with van der Waals surface area (Å²) in [6.45, 7) is 5.18. The first-order valence-electron chi connectivity index (χ1n) is 5.90. The number of methoxy groups -OCH3 is 1. The average Bonchev–Trinajstić information content (AvgIpc) is 2.99. The Bertz CT molecular complexity index is 466. The molecule has 2 heterocycles. The lowest BCUT2D eigenvalue weighted by Gasteiger charge is -2.09. The van der Waals surface area contributed by atoms with Crippen molar-refractivity contribution in [3.63, 3.8) is 0 Å². The van der Waals surface area contributed by atoms with Gasteiger partial charge in [0, 0.05) is 38.0 Å². The third-order valence-electron chi connectivity index (χ3n) is 2.70. The lowest BCUT2D eigenvalue weighted by Crippen LogP contribution is -2.21. The summed E-state index contributed by atoms with van der Waals surface area (Å²) in [5.41, 5.74) is 1.18. The highest BCUT2D eigenvalue weighted by molar-refractivity contribution is 7.09. The molecular weight excluding hydrogens is 248 g/mol. The molecule has 6 heteroatoms. The lowest BCUT2D eigenvalue weighted by atomic mass is 10.4. The topological polar surface area (TPSA) is 52.0 Å². The molecule has 2 aromatic heterocycles. The Balaban J connectivity index is 1.98. The molecule has 0 aromatic carbocycles. The van der Waals surface area contributed by atoms with E-state index in [2.05, 4.69) is 19.9 Å². The third-order valence-corrected chi connectivity index (χ3v) is 3.47. The minimum atomic E-state index is 0.722. The molecule has 0 amide bonds. The van der Waals surface area contributed by atoms with Gasteiger partial charge in [-0.15, -0.1) is 11.3 Å². The number of rotatable bonds is 7. The van der Waals surface area contributed by atoms with E-state index in [-0.39, 0.29) is 0 Å². The van der Waals surface area contributed by atoms with Crippen LogP contribution >= 0.6 is 11.3 Å². The number of hydrogen-bond acceptors (Lipinski definition) is 5. The molecule has 18 heavy (non-hydrogen) atoms. The van der Waals surface area contributed by atoms with E-state index in [1.807, 2.05) is 24.7 Å². The van der Waals surface area contributed by atoms with Crippen molar-refractivity contribution in [1.29, 1.82) is 0 Å². The lowest BCUT2D eigenvalue weighted by molar-refractivity contribution is 0.199. The van der Waals surface area contributed by atoms with Gasteiger partial charge in [-0.25, -0.2) is 9.97 Å². The van der Waals surface area contributed by atoms with Crippen LogP contribution in [-0.2, 0) is 17.8 Å². The van der Waals surface area contributed by atoms with Gasteiger partial charge in [0.1, 0.15) is 10.8 Å². The Kier molecular flexibility index (Phi) is 4.86. The van der Waals surface area contributed by atoms with Gasteiger partial charge in [0.05, 0.1) is 18.8 Å². The third kappa shape index (κ3) is 3.38. The first-order chi connectivity index (χ1) is 8.81. The van der Waals surface area contributed by atoms with E-state index < -0.39 is 0 Å². The van der Waals surface area contributed by atoms with E-state index in [4.69, 9.17) is 4.74 Å². The Morgan fingerprint density at radius 3 is 3.06 bits per heavy atom. The Morgan fingerprint density at radius 1 is 1.44 bits per heavy atom. The molecule has 0 spiro atoms. The van der Waals surface area contributed by atoms with Crippen molar-refractivity contribution in [3.8, 4) is 0 Å². The monoisotopic (exact) mass is 266 g/mol. The van der Waals surface area contributed by atoms with E-state index in [0.29, 0.717) is 0 Å². The summed E-state index contributed by atoms with van der Waals surface area (Å²) < 4.78 is 7.20. The van der Waals surface area contributed by atoms with Crippen molar-refractivity contribution in [3.05, 3.63) is 34.3 Å². The van der Waals surface area contributed by atoms with Gasteiger partial charge in [0.25, 0.3) is 0 Å². The molecule has 0 atom stereocenters. The molecule has 98 valence electrons. The average molecular weight is 266 g/mol. The van der Waals surface area contributed by atoms with Crippen LogP contribution in [0.5, 0.6) is 0 Å². The number of aromatic nitrogens is 3. The van der Waals surface area contributed by atoms with Crippen LogP contribution in [0.3, 0.4) is 0 Å². The maximum atomic E-state index is 5.01. The number of thiazole rings is 1. The highest BCUT2D eigenvalue weighted by Gasteiger charge is 2.08. The molecule has 0 aliphatic carbocycles. The Hall–Kier alpha value is -1.24. The molecule has 0 radical (unpaired) electrons. The molecule has 0 aliphatic heterocycles. The predicted molar refractivity (Wildman–Crippen MR) is 71.8 cm³/mol. The summed E-state index contributed by atoms with van der Waals surface area (Å²) in [6.07, 6.45) is 3.76. The summed E-state index contributed by atoms with van der Waals surface area (Å²) in [6, 6.07) is 0. The van der Waals surface area contributed by atoms with Gasteiger partial charge in [-0.2, -0.15) is 0 Å². The molecule has 0 saturated heterocycles. The zero-order chi connectivity index (χ0) is 12.8. The first kappa shape index (κ1) is 13.2. The maximum absolute atomic E-state index is 5.01. The number of nitrogens with zero attached hydrogens (tertiary/aromatic N) is 3. The highest BCUT2D eigenvalue weighted by atomic mass is 32.1. The van der Waals surface area contributed by atoms with E-state index in [0.717, 1.165) is 37.1 Å². The number of hydrogen-bond donors (Lipinski definition) is 1. The van der Waals surface area contributed by atoms with Gasteiger partial charge in [-0.3, -0.25) is 0 Å². The fourth-order valence-corrected chi connectivity index (χ4v) is 2.33. The van der Waals surface area contributed by atoms with Crippen LogP contribution in [0.15, 0.2) is 17.8 Å². The molecule has 1 N–H and O–H groups in total. The molecule has 5 nitrogen and oxygen atoms in total. The number of ether oxygens (including phenoxy) is 1. The summed E-state index contributed by atoms with van der Waals surface area (Å²) in [4.78, 5) is 8.68.